The molecule has 0 radical (unpaired) electrons. The Labute approximate surface area is 542 Å². The van der Waals surface area contributed by atoms with Crippen LogP contribution in [0.3, 0.4) is 0 Å². The second-order valence-corrected chi connectivity index (χ2v) is 26.3. The van der Waals surface area contributed by atoms with Crippen molar-refractivity contribution in [3.05, 3.63) is 54.1 Å². The van der Waals surface area contributed by atoms with Gasteiger partial charge in [-0.05, 0) is 114 Å². The van der Waals surface area contributed by atoms with Crippen molar-refractivity contribution in [3.8, 4) is 5.75 Å². The molecule has 1 unspecified atom stereocenters. The maximum absolute atomic E-state index is 15.2. The Morgan fingerprint density at radius 1 is 0.549 bits per heavy atom. The third-order valence-electron chi connectivity index (χ3n) is 16.9. The molecule has 0 fully saturated rings. The number of hydrogen-bond donors (Lipinski definition) is 6. The van der Waals surface area contributed by atoms with Crippen molar-refractivity contribution in [2.45, 2.75) is 209 Å². The summed E-state index contributed by atoms with van der Waals surface area (Å²) in [7, 11) is 9.92. The van der Waals surface area contributed by atoms with Crippen LogP contribution >= 0.6 is 0 Å². The molecular formula is C67H113N11O13. The van der Waals surface area contributed by atoms with Crippen molar-refractivity contribution in [2.24, 2.45) is 41.2 Å². The predicted octanol–water partition coefficient (Wildman–Crippen LogP) is 4.10. The lowest BCUT2D eigenvalue weighted by Crippen LogP contribution is -2.63. The summed E-state index contributed by atoms with van der Waals surface area (Å²) < 4.78 is 0. The van der Waals surface area contributed by atoms with Crippen LogP contribution in [0.4, 0.5) is 0 Å². The van der Waals surface area contributed by atoms with Gasteiger partial charge in [0.1, 0.15) is 60.1 Å². The molecule has 7 N–H and O–H groups in total. The topological polar surface area (TPSA) is 313 Å². The van der Waals surface area contributed by atoms with E-state index in [4.69, 9.17) is 5.73 Å². The normalized spacial score (nSPS) is 15.5. The van der Waals surface area contributed by atoms with Gasteiger partial charge >= 0.3 is 0 Å². The summed E-state index contributed by atoms with van der Waals surface area (Å²) in [5.41, 5.74) is 6.96. The number of phenols is 1. The molecule has 24 heteroatoms. The molecule has 0 heterocycles. The Kier molecular flexibility index (Phi) is 33.9. The van der Waals surface area contributed by atoms with Gasteiger partial charge in [-0.1, -0.05) is 113 Å². The maximum Gasteiger partial charge on any atom is 0.246 e. The summed E-state index contributed by atoms with van der Waals surface area (Å²) in [4.78, 5) is 164. The van der Waals surface area contributed by atoms with Crippen molar-refractivity contribution in [3.63, 3.8) is 0 Å². The molecule has 0 aliphatic carbocycles. The van der Waals surface area contributed by atoms with Crippen LogP contribution < -0.4 is 21.7 Å². The van der Waals surface area contributed by atoms with Gasteiger partial charge in [0.05, 0.1) is 18.6 Å². The van der Waals surface area contributed by atoms with Gasteiger partial charge < -0.3 is 66.2 Å². The Morgan fingerprint density at radius 3 is 1.45 bits per heavy atom. The average molecular weight is 1280 g/mol. The quantitative estimate of drug-likeness (QED) is 0.0512. The highest BCUT2D eigenvalue weighted by Crippen LogP contribution is 2.26. The number of carbonyl (C=O) groups is 11. The Balaban J connectivity index is 3.65. The molecule has 0 saturated heterocycles. The third-order valence-corrected chi connectivity index (χ3v) is 16.9. The first-order chi connectivity index (χ1) is 42.1. The van der Waals surface area contributed by atoms with Gasteiger partial charge in [0.25, 0.3) is 0 Å². The molecule has 0 aliphatic rings. The maximum atomic E-state index is 15.2. The lowest BCUT2D eigenvalue weighted by atomic mass is 9.91. The van der Waals surface area contributed by atoms with Crippen LogP contribution in [-0.4, -0.2) is 226 Å². The van der Waals surface area contributed by atoms with E-state index in [2.05, 4.69) is 22.5 Å². The number of nitrogens with one attached hydrogen (secondary N) is 3. The number of aromatic hydroxyl groups is 1. The summed E-state index contributed by atoms with van der Waals surface area (Å²) in [5.74, 6) is -9.19. The second-order valence-electron chi connectivity index (χ2n) is 26.3. The predicted molar refractivity (Wildman–Crippen MR) is 352 cm³/mol. The van der Waals surface area contributed by atoms with E-state index >= 15 is 14.4 Å². The first-order valence-electron chi connectivity index (χ1n) is 31.9. The number of allylic oxidation sites excluding steroid dienone is 2. The number of amides is 11. The molecule has 12 atom stereocenters. The first-order valence-corrected chi connectivity index (χ1v) is 31.9. The summed E-state index contributed by atoms with van der Waals surface area (Å²) in [6, 6.07) is -4.76. The fraction of sp³-hybridized carbons (Fsp3) is 0.687. The van der Waals surface area contributed by atoms with E-state index in [-0.39, 0.29) is 61.5 Å². The summed E-state index contributed by atoms with van der Waals surface area (Å²) in [5, 5.41) is 30.0. The van der Waals surface area contributed by atoms with Crippen LogP contribution in [0.1, 0.15) is 148 Å². The monoisotopic (exact) mass is 1280 g/mol. The molecule has 1 rings (SSSR count). The largest absolute Gasteiger partial charge is 0.508 e. The zero-order valence-corrected chi connectivity index (χ0v) is 58.7. The van der Waals surface area contributed by atoms with E-state index < -0.39 is 144 Å². The number of likely N-dealkylation sites (N-methyl/N-ethyl adjacent to an activating group) is 7. The van der Waals surface area contributed by atoms with Crippen LogP contribution in [0.2, 0.25) is 0 Å². The molecule has 1 aromatic rings. The summed E-state index contributed by atoms with van der Waals surface area (Å²) in [6.45, 7) is 29.8. The van der Waals surface area contributed by atoms with Crippen molar-refractivity contribution >= 4 is 65.0 Å². The molecule has 0 saturated carbocycles. The highest BCUT2D eigenvalue weighted by Gasteiger charge is 2.45. The molecule has 0 bridgehead atoms. The van der Waals surface area contributed by atoms with Gasteiger partial charge in [-0.2, -0.15) is 0 Å². The van der Waals surface area contributed by atoms with Crippen LogP contribution in [0, 0.1) is 35.5 Å². The zero-order chi connectivity index (χ0) is 70.4. The van der Waals surface area contributed by atoms with Gasteiger partial charge in [0.15, 0.2) is 0 Å². The lowest BCUT2D eigenvalue weighted by Gasteiger charge is -2.41. The summed E-state index contributed by atoms with van der Waals surface area (Å²) >= 11 is 0. The Hall–Kier alpha value is -7.37. The number of hydrogen-bond acceptors (Lipinski definition) is 13. The van der Waals surface area contributed by atoms with E-state index in [9.17, 15) is 48.6 Å². The van der Waals surface area contributed by atoms with Gasteiger partial charge in [-0.25, -0.2) is 0 Å². The number of aliphatic hydroxyl groups is 1. The molecular weight excluding hydrogens is 1170 g/mol. The van der Waals surface area contributed by atoms with Crippen molar-refractivity contribution in [2.75, 3.05) is 55.9 Å². The van der Waals surface area contributed by atoms with Crippen LogP contribution in [0.15, 0.2) is 48.6 Å². The minimum atomic E-state index is -1.63. The Morgan fingerprint density at radius 2 is 1.00 bits per heavy atom. The SMILES string of the molecule is C=C(C)[C@@H](C)C(=O)N(C)[C@@H](CC(C)C)C(=O)N[C@@H](CC)C(=O)N[C@@H](C)C(=O)N(C)[C@@H](CC(C)C)C(=O)N(C)[C@H](CC(C)C)C(=O)N(C)[C@H](C(=O)N(C)C(C(=O)N[C@@H](CC)C(=O)N(C)CC(=O)N(C)[C@@H](Cc1ccc(O)cc1)C(N)=O)[C@@H](O)[C@@H](C)C/C=C/C)C(C)C. The minimum absolute atomic E-state index is 0.0102. The van der Waals surface area contributed by atoms with Crippen molar-refractivity contribution < 1.29 is 63.0 Å². The summed E-state index contributed by atoms with van der Waals surface area (Å²) in [6.07, 6.45) is 3.13. The number of rotatable bonds is 37. The standard InChI is InChI=1S/C67H113N11O13/c1-24-27-28-43(14)57(81)56(61(85)71-49(26-3)64(88)72(17)37-54(80)73(18)50(58(68)82)36-46-29-31-47(79)32-30-46)78(23)67(91)55(42(12)13)77(22)66(90)53(35-40(8)9)76(21)65(89)52(34-39(6)7)75(20)63(87)45(16)69-59(83)48(25-2)70-60(84)51(33-38(4)5)74(19)62(86)44(15)41(10)11/h24,27,29-32,38-40,42-45,48-53,55-57,79,81H,10,25-26,28,33-37H2,1-9,11-23H3,(H2,68,82)(H,69,83)(H,70,84)(H,71,85)/b27-24+/t43-,44+,45-,48-,49-,50-,51-,52-,53+,55-,56?,57-/m0/s1. The molecule has 514 valence electrons. The average Bonchev–Trinajstić information content (AvgIpc) is 1.40. The van der Waals surface area contributed by atoms with Gasteiger partial charge in [0.2, 0.25) is 65.0 Å². The van der Waals surface area contributed by atoms with Gasteiger partial charge in [0, 0.05) is 55.8 Å². The fourth-order valence-corrected chi connectivity index (χ4v) is 10.8. The number of nitrogens with two attached hydrogens (primary N) is 1. The van der Waals surface area contributed by atoms with Gasteiger partial charge in [-0.3, -0.25) is 52.7 Å². The molecule has 0 spiro atoms. The first kappa shape index (κ1) is 81.6. The van der Waals surface area contributed by atoms with Crippen LogP contribution in [-0.2, 0) is 59.2 Å². The number of benzene rings is 1. The second kappa shape index (κ2) is 37.8. The zero-order valence-electron chi connectivity index (χ0n) is 58.7. The number of carbonyl (C=O) groups excluding carboxylic acids is 11. The van der Waals surface area contributed by atoms with Crippen LogP contribution in [0.25, 0.3) is 0 Å². The highest BCUT2D eigenvalue weighted by atomic mass is 16.3. The van der Waals surface area contributed by atoms with E-state index in [0.29, 0.717) is 24.0 Å². The minimum Gasteiger partial charge on any atom is -0.508 e. The molecule has 11 amide bonds. The smallest absolute Gasteiger partial charge is 0.246 e. The molecule has 24 nitrogen and oxygen atoms in total. The Bertz CT molecular complexity index is 2680. The number of primary amides is 1. The number of nitrogens with zero attached hydrogens (tertiary/aromatic N) is 7. The molecule has 0 aromatic heterocycles. The van der Waals surface area contributed by atoms with E-state index in [1.807, 2.05) is 41.5 Å². The van der Waals surface area contributed by atoms with Gasteiger partial charge in [-0.15, -0.1) is 0 Å². The van der Waals surface area contributed by atoms with E-state index in [1.165, 1.54) is 80.9 Å². The number of aliphatic hydroxyl groups excluding tert-OH is 1. The highest BCUT2D eigenvalue weighted by molar-refractivity contribution is 5.99. The molecule has 1 aromatic carbocycles. The molecule has 91 heavy (non-hydrogen) atoms. The lowest BCUT2D eigenvalue weighted by molar-refractivity contribution is -0.157. The van der Waals surface area contributed by atoms with Crippen molar-refractivity contribution in [1.29, 1.82) is 0 Å². The number of phenolic OH excluding ortho intramolecular Hbond substituents is 1. The van der Waals surface area contributed by atoms with Crippen LogP contribution in [0.5, 0.6) is 5.75 Å². The molecule has 0 aliphatic heterocycles. The van der Waals surface area contributed by atoms with E-state index in [0.717, 1.165) is 14.7 Å². The van der Waals surface area contributed by atoms with E-state index in [1.54, 1.807) is 86.7 Å². The third kappa shape index (κ3) is 23.7. The van der Waals surface area contributed by atoms with Crippen molar-refractivity contribution in [1.82, 2.24) is 50.2 Å². The fourth-order valence-electron chi connectivity index (χ4n) is 10.8.